The summed E-state index contributed by atoms with van der Waals surface area (Å²) in [5.41, 5.74) is 1.00. The van der Waals surface area contributed by atoms with Crippen LogP contribution < -0.4 is 10.6 Å². The van der Waals surface area contributed by atoms with Crippen molar-refractivity contribution in [2.24, 2.45) is 13.0 Å². The molecular weight excluding hydrogens is 192 g/mol. The zero-order chi connectivity index (χ0) is 11.3. The largest absolute Gasteiger partial charge is 0.350 e. The van der Waals surface area contributed by atoms with E-state index in [-0.39, 0.29) is 11.8 Å². The molecule has 1 unspecified atom stereocenters. The summed E-state index contributed by atoms with van der Waals surface area (Å²) in [6.07, 6.45) is 1.72. The Hall–Kier alpha value is -1.36. The molecule has 1 aromatic rings. The van der Waals surface area contributed by atoms with Crippen molar-refractivity contribution in [1.29, 1.82) is 0 Å². The zero-order valence-corrected chi connectivity index (χ0v) is 9.45. The predicted molar refractivity (Wildman–Crippen MR) is 58.1 cm³/mol. The highest BCUT2D eigenvalue weighted by Gasteiger charge is 2.11. The Morgan fingerprint density at radius 1 is 1.67 bits per heavy atom. The first-order valence-corrected chi connectivity index (χ1v) is 5.04. The molecule has 0 saturated heterocycles. The lowest BCUT2D eigenvalue weighted by atomic mass is 10.1. The third-order valence-electron chi connectivity index (χ3n) is 2.32. The highest BCUT2D eigenvalue weighted by Crippen LogP contribution is 1.97. The smallest absolute Gasteiger partial charge is 0.224 e. The van der Waals surface area contributed by atoms with Crippen molar-refractivity contribution in [2.45, 2.75) is 13.5 Å². The van der Waals surface area contributed by atoms with Crippen molar-refractivity contribution >= 4 is 5.91 Å². The molecule has 0 saturated carbocycles. The maximum absolute atomic E-state index is 11.6. The molecule has 0 aliphatic heterocycles. The van der Waals surface area contributed by atoms with Gasteiger partial charge in [0.2, 0.25) is 5.91 Å². The molecule has 5 nitrogen and oxygen atoms in total. The highest BCUT2D eigenvalue weighted by atomic mass is 16.1. The van der Waals surface area contributed by atoms with E-state index >= 15 is 0 Å². The van der Waals surface area contributed by atoms with Crippen molar-refractivity contribution in [3.05, 3.63) is 18.0 Å². The average molecular weight is 210 g/mol. The number of carbonyl (C=O) groups excluding carboxylic acids is 1. The number of carbonyl (C=O) groups is 1. The number of hydrogen-bond acceptors (Lipinski definition) is 3. The molecule has 1 heterocycles. The van der Waals surface area contributed by atoms with Crippen LogP contribution in [0, 0.1) is 5.92 Å². The highest BCUT2D eigenvalue weighted by molar-refractivity contribution is 5.78. The summed E-state index contributed by atoms with van der Waals surface area (Å²) in [4.78, 5) is 11.6. The first-order chi connectivity index (χ1) is 7.15. The van der Waals surface area contributed by atoms with E-state index in [1.807, 2.05) is 27.1 Å². The molecule has 1 amide bonds. The quantitative estimate of drug-likeness (QED) is 0.713. The molecule has 5 heteroatoms. The summed E-state index contributed by atoms with van der Waals surface area (Å²) >= 11 is 0. The summed E-state index contributed by atoms with van der Waals surface area (Å²) in [5.74, 6) is 0.0498. The van der Waals surface area contributed by atoms with Crippen LogP contribution in [0.3, 0.4) is 0 Å². The van der Waals surface area contributed by atoms with Crippen LogP contribution in [0.4, 0.5) is 0 Å². The molecule has 1 rings (SSSR count). The molecule has 0 fully saturated rings. The number of rotatable bonds is 5. The molecule has 1 atom stereocenters. The molecule has 15 heavy (non-hydrogen) atoms. The van der Waals surface area contributed by atoms with Crippen LogP contribution in [0.25, 0.3) is 0 Å². The molecule has 0 aromatic carbocycles. The molecule has 1 aromatic heterocycles. The molecule has 0 radical (unpaired) electrons. The normalized spacial score (nSPS) is 12.5. The van der Waals surface area contributed by atoms with Crippen LogP contribution in [-0.2, 0) is 18.4 Å². The fourth-order valence-corrected chi connectivity index (χ4v) is 1.33. The zero-order valence-electron chi connectivity index (χ0n) is 9.45. The van der Waals surface area contributed by atoms with Crippen molar-refractivity contribution in [3.8, 4) is 0 Å². The van der Waals surface area contributed by atoms with Crippen LogP contribution in [0.2, 0.25) is 0 Å². The minimum absolute atomic E-state index is 0.0109. The van der Waals surface area contributed by atoms with Gasteiger partial charge in [-0.05, 0) is 13.1 Å². The third kappa shape index (κ3) is 3.36. The molecule has 0 bridgehead atoms. The van der Waals surface area contributed by atoms with Crippen molar-refractivity contribution in [2.75, 3.05) is 13.6 Å². The lowest BCUT2D eigenvalue weighted by Gasteiger charge is -2.11. The van der Waals surface area contributed by atoms with Gasteiger partial charge in [0.25, 0.3) is 0 Å². The maximum Gasteiger partial charge on any atom is 0.224 e. The SMILES string of the molecule is CNCC(C)C(=O)NCc1ccnn1C. The van der Waals surface area contributed by atoms with Crippen LogP contribution >= 0.6 is 0 Å². The van der Waals surface area contributed by atoms with Gasteiger partial charge in [-0.1, -0.05) is 6.92 Å². The van der Waals surface area contributed by atoms with Gasteiger partial charge < -0.3 is 10.6 Å². The fraction of sp³-hybridized carbons (Fsp3) is 0.600. The van der Waals surface area contributed by atoms with E-state index in [2.05, 4.69) is 15.7 Å². The Morgan fingerprint density at radius 3 is 2.93 bits per heavy atom. The van der Waals surface area contributed by atoms with Gasteiger partial charge in [0.1, 0.15) is 0 Å². The molecular formula is C10H18N4O. The van der Waals surface area contributed by atoms with Gasteiger partial charge in [0, 0.05) is 25.7 Å². The Kier molecular flexibility index (Phi) is 4.30. The third-order valence-corrected chi connectivity index (χ3v) is 2.32. The average Bonchev–Trinajstić information content (AvgIpc) is 2.61. The molecule has 0 aliphatic rings. The molecule has 0 spiro atoms. The van der Waals surface area contributed by atoms with Gasteiger partial charge >= 0.3 is 0 Å². The summed E-state index contributed by atoms with van der Waals surface area (Å²) in [5, 5.41) is 9.87. The summed E-state index contributed by atoms with van der Waals surface area (Å²) < 4.78 is 1.75. The number of aromatic nitrogens is 2. The standard InChI is InChI=1S/C10H18N4O/c1-8(6-11-2)10(15)12-7-9-4-5-13-14(9)3/h4-5,8,11H,6-7H2,1-3H3,(H,12,15). The van der Waals surface area contributed by atoms with Gasteiger partial charge in [-0.15, -0.1) is 0 Å². The van der Waals surface area contributed by atoms with Crippen LogP contribution in [-0.4, -0.2) is 29.3 Å². The van der Waals surface area contributed by atoms with Gasteiger partial charge in [-0.3, -0.25) is 9.48 Å². The number of nitrogens with one attached hydrogen (secondary N) is 2. The monoisotopic (exact) mass is 210 g/mol. The second kappa shape index (κ2) is 5.50. The van der Waals surface area contributed by atoms with E-state index in [1.54, 1.807) is 10.9 Å². The van der Waals surface area contributed by atoms with Crippen LogP contribution in [0.15, 0.2) is 12.3 Å². The van der Waals surface area contributed by atoms with Crippen LogP contribution in [0.5, 0.6) is 0 Å². The van der Waals surface area contributed by atoms with Gasteiger partial charge in [-0.2, -0.15) is 5.10 Å². The lowest BCUT2D eigenvalue weighted by molar-refractivity contribution is -0.124. The second-order valence-electron chi connectivity index (χ2n) is 3.62. The van der Waals surface area contributed by atoms with Crippen LogP contribution in [0.1, 0.15) is 12.6 Å². The van der Waals surface area contributed by atoms with Gasteiger partial charge in [0.05, 0.1) is 12.2 Å². The summed E-state index contributed by atoms with van der Waals surface area (Å²) in [7, 11) is 3.70. The van der Waals surface area contributed by atoms with Gasteiger partial charge in [-0.25, -0.2) is 0 Å². The summed E-state index contributed by atoms with van der Waals surface area (Å²) in [6.45, 7) is 3.12. The summed E-state index contributed by atoms with van der Waals surface area (Å²) in [6, 6.07) is 1.89. The fourth-order valence-electron chi connectivity index (χ4n) is 1.33. The minimum Gasteiger partial charge on any atom is -0.350 e. The predicted octanol–water partition coefficient (Wildman–Crippen LogP) is -0.108. The minimum atomic E-state index is -0.0109. The lowest BCUT2D eigenvalue weighted by Crippen LogP contribution is -2.34. The number of amides is 1. The van der Waals surface area contributed by atoms with E-state index in [0.29, 0.717) is 13.1 Å². The van der Waals surface area contributed by atoms with Gasteiger partial charge in [0.15, 0.2) is 0 Å². The van der Waals surface area contributed by atoms with Crippen molar-refractivity contribution in [3.63, 3.8) is 0 Å². The number of hydrogen-bond donors (Lipinski definition) is 2. The number of aryl methyl sites for hydroxylation is 1. The van der Waals surface area contributed by atoms with Crippen molar-refractivity contribution in [1.82, 2.24) is 20.4 Å². The first kappa shape index (κ1) is 11.7. The first-order valence-electron chi connectivity index (χ1n) is 5.04. The Morgan fingerprint density at radius 2 is 2.40 bits per heavy atom. The topological polar surface area (TPSA) is 59.0 Å². The Bertz CT molecular complexity index is 321. The Balaban J connectivity index is 2.37. The van der Waals surface area contributed by atoms with Crippen molar-refractivity contribution < 1.29 is 4.79 Å². The maximum atomic E-state index is 11.6. The Labute approximate surface area is 89.9 Å². The molecule has 2 N–H and O–H groups in total. The van der Waals surface area contributed by atoms with E-state index in [0.717, 1.165) is 5.69 Å². The van der Waals surface area contributed by atoms with E-state index < -0.39 is 0 Å². The molecule has 84 valence electrons. The number of nitrogens with zero attached hydrogens (tertiary/aromatic N) is 2. The molecule has 0 aliphatic carbocycles. The second-order valence-corrected chi connectivity index (χ2v) is 3.62. The van der Waals surface area contributed by atoms with E-state index in [4.69, 9.17) is 0 Å². The van der Waals surface area contributed by atoms with E-state index in [1.165, 1.54) is 0 Å². The van der Waals surface area contributed by atoms with E-state index in [9.17, 15) is 4.79 Å².